The highest BCUT2D eigenvalue weighted by molar-refractivity contribution is 7.12. The molecular formula is C15H11N3O2S. The van der Waals surface area contributed by atoms with E-state index in [0.717, 1.165) is 21.6 Å². The zero-order chi connectivity index (χ0) is 14.2. The molecule has 0 spiro atoms. The van der Waals surface area contributed by atoms with E-state index in [-0.39, 0.29) is 6.61 Å². The summed E-state index contributed by atoms with van der Waals surface area (Å²) >= 11 is 1.53. The van der Waals surface area contributed by atoms with Gasteiger partial charge in [0.25, 0.3) is 0 Å². The van der Waals surface area contributed by atoms with Gasteiger partial charge in [-0.2, -0.15) is 5.10 Å². The molecule has 3 aromatic heterocycles. The number of furan rings is 1. The van der Waals surface area contributed by atoms with Gasteiger partial charge in [-0.15, -0.1) is 11.3 Å². The molecule has 1 N–H and O–H groups in total. The van der Waals surface area contributed by atoms with E-state index < -0.39 is 0 Å². The Kier molecular flexibility index (Phi) is 2.83. The SMILES string of the molecule is OCc1ccc(-c2nn(-c3cncs3)c3ccccc23)o1. The number of hydrogen-bond acceptors (Lipinski definition) is 5. The van der Waals surface area contributed by atoms with Crippen LogP contribution in [0.15, 0.2) is 52.5 Å². The quantitative estimate of drug-likeness (QED) is 0.630. The normalized spacial score (nSPS) is 11.3. The van der Waals surface area contributed by atoms with Crippen LogP contribution < -0.4 is 0 Å². The lowest BCUT2D eigenvalue weighted by Crippen LogP contribution is -1.92. The first kappa shape index (κ1) is 12.3. The second-order valence-corrected chi connectivity index (χ2v) is 5.41. The molecule has 3 heterocycles. The van der Waals surface area contributed by atoms with E-state index in [0.29, 0.717) is 11.5 Å². The van der Waals surface area contributed by atoms with Crippen LogP contribution in [0.5, 0.6) is 0 Å². The second-order valence-electron chi connectivity index (χ2n) is 4.54. The van der Waals surface area contributed by atoms with Crippen LogP contribution in [0.1, 0.15) is 5.76 Å². The fourth-order valence-electron chi connectivity index (χ4n) is 2.32. The number of aliphatic hydroxyl groups excluding tert-OH is 1. The van der Waals surface area contributed by atoms with Gasteiger partial charge in [-0.25, -0.2) is 4.68 Å². The van der Waals surface area contributed by atoms with Gasteiger partial charge in [0.15, 0.2) is 5.76 Å². The highest BCUT2D eigenvalue weighted by Gasteiger charge is 2.16. The van der Waals surface area contributed by atoms with Crippen LogP contribution in [-0.4, -0.2) is 19.9 Å². The van der Waals surface area contributed by atoms with Crippen molar-refractivity contribution < 1.29 is 9.52 Å². The van der Waals surface area contributed by atoms with Crippen molar-refractivity contribution in [3.63, 3.8) is 0 Å². The molecule has 21 heavy (non-hydrogen) atoms. The van der Waals surface area contributed by atoms with E-state index in [2.05, 4.69) is 10.1 Å². The zero-order valence-corrected chi connectivity index (χ0v) is 11.7. The summed E-state index contributed by atoms with van der Waals surface area (Å²) in [4.78, 5) is 4.11. The maximum absolute atomic E-state index is 9.14. The van der Waals surface area contributed by atoms with Crippen LogP contribution in [0.2, 0.25) is 0 Å². The van der Waals surface area contributed by atoms with Gasteiger partial charge in [-0.3, -0.25) is 4.98 Å². The molecule has 6 heteroatoms. The second kappa shape index (κ2) is 4.83. The summed E-state index contributed by atoms with van der Waals surface area (Å²) in [7, 11) is 0. The summed E-state index contributed by atoms with van der Waals surface area (Å²) in [5, 5.41) is 15.8. The molecule has 1 aromatic carbocycles. The summed E-state index contributed by atoms with van der Waals surface area (Å²) in [6.45, 7) is -0.118. The van der Waals surface area contributed by atoms with Crippen molar-refractivity contribution in [2.45, 2.75) is 6.61 Å². The highest BCUT2D eigenvalue weighted by Crippen LogP contribution is 2.31. The van der Waals surface area contributed by atoms with Crippen molar-refractivity contribution >= 4 is 22.2 Å². The number of para-hydroxylation sites is 1. The molecule has 104 valence electrons. The number of thiazole rings is 1. The van der Waals surface area contributed by atoms with Gasteiger partial charge in [0.1, 0.15) is 23.1 Å². The summed E-state index contributed by atoms with van der Waals surface area (Å²) in [5.41, 5.74) is 3.54. The Morgan fingerprint density at radius 2 is 2.10 bits per heavy atom. The largest absolute Gasteiger partial charge is 0.457 e. The van der Waals surface area contributed by atoms with Gasteiger partial charge in [-0.1, -0.05) is 18.2 Å². The lowest BCUT2D eigenvalue weighted by Gasteiger charge is -1.96. The first-order valence-corrected chi connectivity index (χ1v) is 7.31. The smallest absolute Gasteiger partial charge is 0.155 e. The van der Waals surface area contributed by atoms with Gasteiger partial charge in [0.05, 0.1) is 17.2 Å². The van der Waals surface area contributed by atoms with Crippen molar-refractivity contribution in [2.75, 3.05) is 0 Å². The number of aromatic nitrogens is 3. The average Bonchev–Trinajstić information content (AvgIpc) is 3.25. The van der Waals surface area contributed by atoms with Crippen LogP contribution in [0.4, 0.5) is 0 Å². The van der Waals surface area contributed by atoms with Gasteiger partial charge < -0.3 is 9.52 Å². The Morgan fingerprint density at radius 3 is 2.86 bits per heavy atom. The number of benzene rings is 1. The maximum Gasteiger partial charge on any atom is 0.155 e. The molecule has 4 rings (SSSR count). The molecule has 0 saturated heterocycles. The molecule has 0 amide bonds. The van der Waals surface area contributed by atoms with Gasteiger partial charge >= 0.3 is 0 Å². The lowest BCUT2D eigenvalue weighted by molar-refractivity contribution is 0.248. The predicted octanol–water partition coefficient (Wildman–Crippen LogP) is 3.23. The number of fused-ring (bicyclic) bond motifs is 1. The molecule has 0 aliphatic carbocycles. The third-order valence-electron chi connectivity index (χ3n) is 3.27. The minimum atomic E-state index is -0.118. The first-order valence-electron chi connectivity index (χ1n) is 6.43. The van der Waals surface area contributed by atoms with Crippen molar-refractivity contribution in [1.29, 1.82) is 0 Å². The minimum absolute atomic E-state index is 0.118. The van der Waals surface area contributed by atoms with Gasteiger partial charge in [-0.05, 0) is 18.2 Å². The number of hydrogen-bond donors (Lipinski definition) is 1. The fourth-order valence-corrected chi connectivity index (χ4v) is 2.91. The van der Waals surface area contributed by atoms with E-state index in [1.807, 2.05) is 35.0 Å². The highest BCUT2D eigenvalue weighted by atomic mass is 32.1. The van der Waals surface area contributed by atoms with Crippen molar-refractivity contribution in [3.05, 3.63) is 53.9 Å². The van der Waals surface area contributed by atoms with Crippen LogP contribution in [0.25, 0.3) is 27.4 Å². The molecule has 0 saturated carbocycles. The van der Waals surface area contributed by atoms with E-state index in [9.17, 15) is 0 Å². The van der Waals surface area contributed by atoms with Gasteiger partial charge in [0, 0.05) is 5.39 Å². The van der Waals surface area contributed by atoms with Crippen LogP contribution >= 0.6 is 11.3 Å². The summed E-state index contributed by atoms with van der Waals surface area (Å²) in [6.07, 6.45) is 1.79. The Bertz CT molecular complexity index is 893. The summed E-state index contributed by atoms with van der Waals surface area (Å²) < 4.78 is 7.48. The molecule has 5 nitrogen and oxygen atoms in total. The van der Waals surface area contributed by atoms with E-state index in [1.54, 1.807) is 17.8 Å². The number of rotatable bonds is 3. The standard InChI is InChI=1S/C15H11N3O2S/c19-8-10-5-6-13(20-10)15-11-3-1-2-4-12(11)18(17-15)14-7-16-9-21-14/h1-7,9,19H,8H2. The van der Waals surface area contributed by atoms with E-state index in [1.165, 1.54) is 11.3 Å². The van der Waals surface area contributed by atoms with Crippen LogP contribution in [0.3, 0.4) is 0 Å². The van der Waals surface area contributed by atoms with Crippen LogP contribution in [-0.2, 0) is 6.61 Å². The minimum Gasteiger partial charge on any atom is -0.457 e. The molecule has 0 unspecified atom stereocenters. The predicted molar refractivity (Wildman–Crippen MR) is 80.4 cm³/mol. The summed E-state index contributed by atoms with van der Waals surface area (Å²) in [5.74, 6) is 1.18. The van der Waals surface area contributed by atoms with Crippen molar-refractivity contribution in [1.82, 2.24) is 14.8 Å². The molecule has 0 fully saturated rings. The number of aliphatic hydroxyl groups is 1. The molecule has 0 aliphatic heterocycles. The Morgan fingerprint density at radius 1 is 1.19 bits per heavy atom. The number of nitrogens with zero attached hydrogens (tertiary/aromatic N) is 3. The monoisotopic (exact) mass is 297 g/mol. The third-order valence-corrected chi connectivity index (χ3v) is 4.01. The molecule has 4 aromatic rings. The molecule has 0 bridgehead atoms. The Labute approximate surface area is 124 Å². The molecular weight excluding hydrogens is 286 g/mol. The Hall–Kier alpha value is -2.44. The van der Waals surface area contributed by atoms with E-state index >= 15 is 0 Å². The first-order chi connectivity index (χ1) is 10.4. The molecule has 0 atom stereocenters. The van der Waals surface area contributed by atoms with Gasteiger partial charge in [0.2, 0.25) is 0 Å². The molecule has 0 aliphatic rings. The van der Waals surface area contributed by atoms with E-state index in [4.69, 9.17) is 9.52 Å². The fraction of sp³-hybridized carbons (Fsp3) is 0.0667. The molecule has 0 radical (unpaired) electrons. The maximum atomic E-state index is 9.14. The third kappa shape index (κ3) is 1.96. The van der Waals surface area contributed by atoms with Crippen molar-refractivity contribution in [3.8, 4) is 16.5 Å². The zero-order valence-electron chi connectivity index (χ0n) is 10.9. The van der Waals surface area contributed by atoms with Crippen LogP contribution in [0, 0.1) is 0 Å². The topological polar surface area (TPSA) is 64.1 Å². The Balaban J connectivity index is 1.97. The average molecular weight is 297 g/mol. The lowest BCUT2D eigenvalue weighted by atomic mass is 10.2. The van der Waals surface area contributed by atoms with Crippen molar-refractivity contribution in [2.24, 2.45) is 0 Å². The summed E-state index contributed by atoms with van der Waals surface area (Å²) in [6, 6.07) is 11.6.